The minimum Gasteiger partial charge on any atom is -0.719 e. The summed E-state index contributed by atoms with van der Waals surface area (Å²) in [5.41, 5.74) is 0. The number of unbranched alkanes of at least 4 members (excludes halogenated alkanes) is 4. The lowest BCUT2D eigenvalue weighted by Gasteiger charge is -2.32. The van der Waals surface area contributed by atoms with E-state index in [9.17, 15) is 4.79 Å². The monoisotopic (exact) mass is 274 g/mol. The molecule has 17 heavy (non-hydrogen) atoms. The topological polar surface area (TPSA) is 20.3 Å². The molecular weight excluding hydrogens is 250 g/mol. The molecule has 1 fully saturated rings. The molecule has 0 spiro atoms. The van der Waals surface area contributed by atoms with E-state index >= 15 is 0 Å². The van der Waals surface area contributed by atoms with Crippen LogP contribution in [0.3, 0.4) is 0 Å². The molecule has 0 aromatic rings. The van der Waals surface area contributed by atoms with Crippen molar-refractivity contribution in [3.63, 3.8) is 0 Å². The molecular formula is C13H24NOS2-. The molecule has 1 amide bonds. The Morgan fingerprint density at radius 2 is 2.06 bits per heavy atom. The Kier molecular flexibility index (Phi) is 7.28. The van der Waals surface area contributed by atoms with E-state index in [-0.39, 0.29) is 5.24 Å². The van der Waals surface area contributed by atoms with Crippen molar-refractivity contribution in [2.75, 3.05) is 12.3 Å². The highest BCUT2D eigenvalue weighted by Gasteiger charge is 2.27. The SMILES string of the molecule is CCCCCCCC(C)N(CC1CS1)C(=O)[S-]. The van der Waals surface area contributed by atoms with Crippen LogP contribution < -0.4 is 0 Å². The van der Waals surface area contributed by atoms with Gasteiger partial charge in [0, 0.05) is 23.6 Å². The van der Waals surface area contributed by atoms with Gasteiger partial charge >= 0.3 is 0 Å². The molecule has 1 aliphatic rings. The Morgan fingerprint density at radius 1 is 1.41 bits per heavy atom. The second-order valence-corrected chi connectivity index (χ2v) is 6.61. The van der Waals surface area contributed by atoms with Gasteiger partial charge in [-0.1, -0.05) is 39.0 Å². The maximum atomic E-state index is 11.4. The van der Waals surface area contributed by atoms with Gasteiger partial charge in [0.25, 0.3) is 0 Å². The molecule has 0 aromatic heterocycles. The fraction of sp³-hybridized carbons (Fsp3) is 0.923. The lowest BCUT2D eigenvalue weighted by atomic mass is 10.1. The normalized spacial score (nSPS) is 20.0. The highest BCUT2D eigenvalue weighted by molar-refractivity contribution is 8.06. The molecule has 2 nitrogen and oxygen atoms in total. The van der Waals surface area contributed by atoms with Gasteiger partial charge in [-0.3, -0.25) is 0 Å². The number of amides is 1. The summed E-state index contributed by atoms with van der Waals surface area (Å²) >= 11 is 6.75. The second kappa shape index (κ2) is 8.20. The first-order valence-electron chi connectivity index (χ1n) is 6.74. The van der Waals surface area contributed by atoms with E-state index in [1.807, 2.05) is 16.7 Å². The van der Waals surface area contributed by atoms with Crippen molar-refractivity contribution in [2.24, 2.45) is 0 Å². The molecule has 0 bridgehead atoms. The van der Waals surface area contributed by atoms with Crippen LogP contribution in [0, 0.1) is 0 Å². The fourth-order valence-corrected chi connectivity index (χ4v) is 2.79. The van der Waals surface area contributed by atoms with E-state index in [1.54, 1.807) is 0 Å². The molecule has 1 heterocycles. The fourth-order valence-electron chi connectivity index (χ4n) is 2.03. The highest BCUT2D eigenvalue weighted by atomic mass is 32.2. The van der Waals surface area contributed by atoms with Crippen LogP contribution in [0.4, 0.5) is 4.79 Å². The average molecular weight is 274 g/mol. The average Bonchev–Trinajstić information content (AvgIpc) is 3.08. The van der Waals surface area contributed by atoms with E-state index in [0.29, 0.717) is 11.3 Å². The summed E-state index contributed by atoms with van der Waals surface area (Å²) in [5, 5.41) is 0.489. The van der Waals surface area contributed by atoms with Crippen LogP contribution in [0.2, 0.25) is 0 Å². The summed E-state index contributed by atoms with van der Waals surface area (Å²) in [4.78, 5) is 13.3. The molecule has 1 aliphatic heterocycles. The summed E-state index contributed by atoms with van der Waals surface area (Å²) in [6.45, 7) is 5.23. The van der Waals surface area contributed by atoms with Gasteiger partial charge in [-0.05, 0) is 13.3 Å². The van der Waals surface area contributed by atoms with Gasteiger partial charge in [-0.15, -0.1) is 0 Å². The first-order valence-corrected chi connectivity index (χ1v) is 8.20. The Morgan fingerprint density at radius 3 is 2.59 bits per heavy atom. The number of rotatable bonds is 9. The third-order valence-corrected chi connectivity index (χ3v) is 4.48. The van der Waals surface area contributed by atoms with Crippen LogP contribution in [0.25, 0.3) is 0 Å². The predicted octanol–water partition coefficient (Wildman–Crippen LogP) is 3.82. The Hall–Kier alpha value is 0.0400. The molecule has 2 atom stereocenters. The van der Waals surface area contributed by atoms with Crippen LogP contribution >= 0.6 is 11.8 Å². The van der Waals surface area contributed by atoms with Crippen LogP contribution in [0.15, 0.2) is 0 Å². The first-order chi connectivity index (χ1) is 8.15. The minimum atomic E-state index is -0.168. The lowest BCUT2D eigenvalue weighted by Crippen LogP contribution is -2.39. The largest absolute Gasteiger partial charge is 0.719 e. The van der Waals surface area contributed by atoms with E-state index < -0.39 is 0 Å². The van der Waals surface area contributed by atoms with Crippen molar-refractivity contribution in [2.45, 2.75) is 63.7 Å². The summed E-state index contributed by atoms with van der Waals surface area (Å²) in [5.74, 6) is 1.20. The van der Waals surface area contributed by atoms with Crippen molar-refractivity contribution in [1.29, 1.82) is 0 Å². The molecule has 0 radical (unpaired) electrons. The smallest absolute Gasteiger partial charge is 0.101 e. The van der Waals surface area contributed by atoms with Crippen LogP contribution in [-0.2, 0) is 12.6 Å². The Bertz CT molecular complexity index is 231. The third kappa shape index (κ3) is 6.51. The van der Waals surface area contributed by atoms with Crippen molar-refractivity contribution >= 4 is 29.6 Å². The molecule has 2 unspecified atom stereocenters. The summed E-state index contributed by atoms with van der Waals surface area (Å²) in [7, 11) is 0. The van der Waals surface area contributed by atoms with E-state index in [0.717, 1.165) is 13.0 Å². The van der Waals surface area contributed by atoms with E-state index in [4.69, 9.17) is 12.6 Å². The Labute approximate surface area is 115 Å². The predicted molar refractivity (Wildman–Crippen MR) is 78.6 cm³/mol. The molecule has 1 rings (SSSR count). The number of hydrogen-bond acceptors (Lipinski definition) is 3. The van der Waals surface area contributed by atoms with E-state index in [1.165, 1.54) is 37.9 Å². The first kappa shape index (κ1) is 15.1. The van der Waals surface area contributed by atoms with Crippen LogP contribution in [0.1, 0.15) is 52.4 Å². The zero-order valence-corrected chi connectivity index (χ0v) is 12.6. The number of thioether (sulfide) groups is 1. The van der Waals surface area contributed by atoms with Gasteiger partial charge in [0.1, 0.15) is 5.24 Å². The van der Waals surface area contributed by atoms with E-state index in [2.05, 4.69) is 13.8 Å². The maximum Gasteiger partial charge on any atom is 0.101 e. The van der Waals surface area contributed by atoms with Gasteiger partial charge < -0.3 is 22.3 Å². The maximum absolute atomic E-state index is 11.4. The summed E-state index contributed by atoms with van der Waals surface area (Å²) in [6.07, 6.45) is 7.54. The molecule has 100 valence electrons. The van der Waals surface area contributed by atoms with Crippen LogP contribution in [-0.4, -0.2) is 33.7 Å². The molecule has 0 saturated carbocycles. The zero-order chi connectivity index (χ0) is 12.7. The van der Waals surface area contributed by atoms with Crippen molar-refractivity contribution in [1.82, 2.24) is 4.90 Å². The second-order valence-electron chi connectivity index (χ2n) is 4.93. The van der Waals surface area contributed by atoms with Gasteiger partial charge in [0.15, 0.2) is 0 Å². The molecule has 4 heteroatoms. The van der Waals surface area contributed by atoms with Gasteiger partial charge in [0.2, 0.25) is 0 Å². The number of nitrogens with zero attached hydrogens (tertiary/aromatic N) is 1. The Balaban J connectivity index is 2.17. The molecule has 0 aliphatic carbocycles. The minimum absolute atomic E-state index is 0.168. The molecule has 1 saturated heterocycles. The lowest BCUT2D eigenvalue weighted by molar-refractivity contribution is 0.201. The summed E-state index contributed by atoms with van der Waals surface area (Å²) in [6, 6.07) is 0.322. The van der Waals surface area contributed by atoms with Crippen LogP contribution in [0.5, 0.6) is 0 Å². The van der Waals surface area contributed by atoms with Crippen molar-refractivity contribution in [3.05, 3.63) is 0 Å². The van der Waals surface area contributed by atoms with Crippen molar-refractivity contribution < 1.29 is 4.79 Å². The quantitative estimate of drug-likeness (QED) is 0.362. The van der Waals surface area contributed by atoms with Gasteiger partial charge in [0.05, 0.1) is 0 Å². The zero-order valence-electron chi connectivity index (χ0n) is 11.0. The van der Waals surface area contributed by atoms with Crippen molar-refractivity contribution in [3.8, 4) is 0 Å². The summed E-state index contributed by atoms with van der Waals surface area (Å²) < 4.78 is 0. The highest BCUT2D eigenvalue weighted by Crippen LogP contribution is 2.31. The number of hydrogen-bond donors (Lipinski definition) is 0. The molecule has 0 aromatic carbocycles. The molecule has 0 N–H and O–H groups in total. The number of carbonyl (C=O) groups excluding carboxylic acids is 1. The standard InChI is InChI=1S/C13H25NOS2/c1-3-4-5-6-7-8-11(2)14(13(15)16)9-12-10-17-12/h11-12H,3-10H2,1-2H3,(H,15,16)/p-1. The van der Waals surface area contributed by atoms with Gasteiger partial charge in [-0.2, -0.15) is 11.8 Å². The third-order valence-electron chi connectivity index (χ3n) is 3.29. The number of carbonyl (C=O) groups is 1. The van der Waals surface area contributed by atoms with Gasteiger partial charge in [-0.25, -0.2) is 0 Å².